The largest absolute Gasteiger partial charge is 0.343 e. The lowest BCUT2D eigenvalue weighted by atomic mass is 10.2. The second kappa shape index (κ2) is 6.10. The van der Waals surface area contributed by atoms with Crippen LogP contribution in [0.1, 0.15) is 31.2 Å². The Labute approximate surface area is 103 Å². The van der Waals surface area contributed by atoms with Gasteiger partial charge in [0.25, 0.3) is 0 Å². The molecule has 1 aromatic rings. The molecule has 0 unspecified atom stereocenters. The van der Waals surface area contributed by atoms with Gasteiger partial charge in [0.05, 0.1) is 0 Å². The highest BCUT2D eigenvalue weighted by Gasteiger charge is 2.18. The molecule has 1 aromatic carbocycles. The van der Waals surface area contributed by atoms with Gasteiger partial charge in [0.15, 0.2) is 0 Å². The smallest absolute Gasteiger partial charge is 0.222 e. The van der Waals surface area contributed by atoms with Crippen LogP contribution >= 0.6 is 0 Å². The quantitative estimate of drug-likeness (QED) is 0.573. The number of nitrogens with zero attached hydrogens (tertiary/aromatic N) is 1. The van der Waals surface area contributed by atoms with Crippen LogP contribution in [0, 0.1) is 11.8 Å². The number of likely N-dealkylation sites (tertiary alicyclic amines) is 1. The summed E-state index contributed by atoms with van der Waals surface area (Å²) in [6, 6.07) is 10.00. The summed E-state index contributed by atoms with van der Waals surface area (Å²) in [5, 5.41) is 0. The molecule has 0 N–H and O–H groups in total. The summed E-state index contributed by atoms with van der Waals surface area (Å²) in [5.41, 5.74) is 1.06. The van der Waals surface area contributed by atoms with E-state index < -0.39 is 0 Å². The number of hydrogen-bond acceptors (Lipinski definition) is 1. The van der Waals surface area contributed by atoms with Crippen molar-refractivity contribution in [3.63, 3.8) is 0 Å². The third kappa shape index (κ3) is 3.64. The molecule has 1 heterocycles. The van der Waals surface area contributed by atoms with Gasteiger partial charge in [0, 0.05) is 31.5 Å². The van der Waals surface area contributed by atoms with Crippen LogP contribution in [-0.2, 0) is 4.79 Å². The second-order valence-corrected chi connectivity index (χ2v) is 4.26. The first-order chi connectivity index (χ1) is 8.36. The van der Waals surface area contributed by atoms with E-state index in [1.807, 2.05) is 35.2 Å². The van der Waals surface area contributed by atoms with Crippen LogP contribution in [0.3, 0.4) is 0 Å². The summed E-state index contributed by atoms with van der Waals surface area (Å²) >= 11 is 0. The van der Waals surface area contributed by atoms with Crippen molar-refractivity contribution in [1.82, 2.24) is 4.90 Å². The lowest BCUT2D eigenvalue weighted by molar-refractivity contribution is -0.127. The average molecular weight is 227 g/mol. The minimum atomic E-state index is 0.306. The predicted molar refractivity (Wildman–Crippen MR) is 68.4 cm³/mol. The van der Waals surface area contributed by atoms with Crippen LogP contribution in [-0.4, -0.2) is 23.9 Å². The molecule has 0 aromatic heterocycles. The Balaban J connectivity index is 1.70. The van der Waals surface area contributed by atoms with Crippen molar-refractivity contribution in [1.29, 1.82) is 0 Å². The van der Waals surface area contributed by atoms with Gasteiger partial charge < -0.3 is 4.90 Å². The van der Waals surface area contributed by atoms with E-state index in [1.54, 1.807) is 0 Å². The fourth-order valence-electron chi connectivity index (χ4n) is 1.98. The van der Waals surface area contributed by atoms with Gasteiger partial charge in [-0.2, -0.15) is 0 Å². The molecule has 1 amide bonds. The van der Waals surface area contributed by atoms with Crippen molar-refractivity contribution >= 4 is 5.91 Å². The Morgan fingerprint density at radius 2 is 2.06 bits per heavy atom. The van der Waals surface area contributed by atoms with Gasteiger partial charge in [0.2, 0.25) is 5.91 Å². The van der Waals surface area contributed by atoms with Gasteiger partial charge in [-0.3, -0.25) is 4.79 Å². The summed E-state index contributed by atoms with van der Waals surface area (Å²) in [5.74, 6) is 6.59. The minimum Gasteiger partial charge on any atom is -0.343 e. The molecule has 2 rings (SSSR count). The van der Waals surface area contributed by atoms with Crippen LogP contribution in [0.2, 0.25) is 0 Å². The van der Waals surface area contributed by atoms with Crippen molar-refractivity contribution in [3.05, 3.63) is 35.9 Å². The number of rotatable bonds is 3. The summed E-state index contributed by atoms with van der Waals surface area (Å²) in [7, 11) is 0. The highest BCUT2D eigenvalue weighted by Crippen LogP contribution is 2.10. The number of benzene rings is 1. The normalized spacial score (nSPS) is 14.6. The van der Waals surface area contributed by atoms with Gasteiger partial charge in [0.1, 0.15) is 0 Å². The van der Waals surface area contributed by atoms with E-state index in [2.05, 4.69) is 11.8 Å². The van der Waals surface area contributed by atoms with Crippen LogP contribution in [0.5, 0.6) is 0 Å². The van der Waals surface area contributed by atoms with E-state index in [4.69, 9.17) is 0 Å². The Morgan fingerprint density at radius 1 is 1.24 bits per heavy atom. The van der Waals surface area contributed by atoms with Gasteiger partial charge in [-0.25, -0.2) is 0 Å². The Hall–Kier alpha value is -1.75. The Morgan fingerprint density at radius 3 is 2.76 bits per heavy atom. The molecule has 88 valence electrons. The molecular weight excluding hydrogens is 210 g/mol. The summed E-state index contributed by atoms with van der Waals surface area (Å²) in [6.45, 7) is 1.80. The average Bonchev–Trinajstić information content (AvgIpc) is 2.76. The van der Waals surface area contributed by atoms with Gasteiger partial charge in [-0.1, -0.05) is 30.0 Å². The van der Waals surface area contributed by atoms with Gasteiger partial charge in [-0.15, -0.1) is 0 Å². The van der Waals surface area contributed by atoms with E-state index in [-0.39, 0.29) is 0 Å². The molecule has 0 bridgehead atoms. The third-order valence-electron chi connectivity index (χ3n) is 2.91. The van der Waals surface area contributed by atoms with E-state index in [9.17, 15) is 4.79 Å². The first kappa shape index (κ1) is 11.7. The number of unbranched alkanes of at least 4 members (excludes halogenated alkanes) is 1. The molecule has 1 aliphatic rings. The van der Waals surface area contributed by atoms with E-state index in [1.165, 1.54) is 0 Å². The summed E-state index contributed by atoms with van der Waals surface area (Å²) in [6.07, 6.45) is 3.59. The van der Waals surface area contributed by atoms with Crippen molar-refractivity contribution in [2.75, 3.05) is 13.1 Å². The fourth-order valence-corrected chi connectivity index (χ4v) is 1.98. The molecule has 0 atom stereocenters. The topological polar surface area (TPSA) is 20.3 Å². The summed E-state index contributed by atoms with van der Waals surface area (Å²) < 4.78 is 0. The second-order valence-electron chi connectivity index (χ2n) is 4.26. The lowest BCUT2D eigenvalue weighted by Gasteiger charge is -2.13. The zero-order valence-electron chi connectivity index (χ0n) is 9.98. The van der Waals surface area contributed by atoms with Crippen LogP contribution in [0.25, 0.3) is 0 Å². The standard InChI is InChI=1S/C15H17NO/c17-15-11-7-13-16(15)12-6-2-5-10-14-8-3-1-4-9-14/h1,3-4,8-9H,2,6-7,11-13H2. The zero-order valence-corrected chi connectivity index (χ0v) is 9.98. The number of carbonyl (C=O) groups excluding carboxylic acids is 1. The molecule has 0 spiro atoms. The molecule has 17 heavy (non-hydrogen) atoms. The van der Waals surface area contributed by atoms with Crippen molar-refractivity contribution in [2.24, 2.45) is 0 Å². The van der Waals surface area contributed by atoms with E-state index in [0.29, 0.717) is 5.91 Å². The number of carbonyl (C=O) groups is 1. The molecule has 0 saturated carbocycles. The third-order valence-corrected chi connectivity index (χ3v) is 2.91. The monoisotopic (exact) mass is 227 g/mol. The zero-order chi connectivity index (χ0) is 11.9. The van der Waals surface area contributed by atoms with Crippen molar-refractivity contribution in [3.8, 4) is 11.8 Å². The van der Waals surface area contributed by atoms with Crippen molar-refractivity contribution in [2.45, 2.75) is 25.7 Å². The van der Waals surface area contributed by atoms with Crippen LogP contribution in [0.15, 0.2) is 30.3 Å². The molecule has 0 radical (unpaired) electrons. The molecule has 2 heteroatoms. The maximum absolute atomic E-state index is 11.3. The maximum atomic E-state index is 11.3. The SMILES string of the molecule is O=C1CCCN1CCCC#Cc1ccccc1. The summed E-state index contributed by atoms with van der Waals surface area (Å²) in [4.78, 5) is 13.3. The van der Waals surface area contributed by atoms with Gasteiger partial charge in [-0.05, 0) is 25.0 Å². The molecule has 2 nitrogen and oxygen atoms in total. The highest BCUT2D eigenvalue weighted by atomic mass is 16.2. The lowest BCUT2D eigenvalue weighted by Crippen LogP contribution is -2.25. The number of hydrogen-bond donors (Lipinski definition) is 0. The molecule has 1 saturated heterocycles. The van der Waals surface area contributed by atoms with E-state index in [0.717, 1.165) is 44.3 Å². The molecule has 0 aliphatic carbocycles. The number of amides is 1. The Kier molecular flexibility index (Phi) is 4.21. The first-order valence-corrected chi connectivity index (χ1v) is 6.18. The first-order valence-electron chi connectivity index (χ1n) is 6.18. The molecule has 1 aliphatic heterocycles. The maximum Gasteiger partial charge on any atom is 0.222 e. The van der Waals surface area contributed by atoms with Crippen LogP contribution in [0.4, 0.5) is 0 Å². The predicted octanol–water partition coefficient (Wildman–Crippen LogP) is 2.44. The molecule has 1 fully saturated rings. The van der Waals surface area contributed by atoms with E-state index >= 15 is 0 Å². The highest BCUT2D eigenvalue weighted by molar-refractivity contribution is 5.77. The molecular formula is C15H17NO. The fraction of sp³-hybridized carbons (Fsp3) is 0.400. The van der Waals surface area contributed by atoms with Gasteiger partial charge >= 0.3 is 0 Å². The Bertz CT molecular complexity index is 427. The van der Waals surface area contributed by atoms with Crippen molar-refractivity contribution < 1.29 is 4.79 Å². The van der Waals surface area contributed by atoms with Crippen LogP contribution < -0.4 is 0 Å². The minimum absolute atomic E-state index is 0.306.